The van der Waals surface area contributed by atoms with Crippen LogP contribution >= 0.6 is 0 Å². The van der Waals surface area contributed by atoms with Crippen molar-refractivity contribution in [1.29, 1.82) is 0 Å². The second-order valence-electron chi connectivity index (χ2n) is 2.88. The van der Waals surface area contributed by atoms with E-state index in [0.29, 0.717) is 6.07 Å². The fourth-order valence-corrected chi connectivity index (χ4v) is 1.02. The molecule has 0 unspecified atom stereocenters. The van der Waals surface area contributed by atoms with E-state index in [2.05, 4.69) is 9.72 Å². The zero-order chi connectivity index (χ0) is 13.2. The summed E-state index contributed by atoms with van der Waals surface area (Å²) in [5.74, 6) is -3.06. The zero-order valence-corrected chi connectivity index (χ0v) is 8.06. The van der Waals surface area contributed by atoms with Crippen LogP contribution in [0.15, 0.2) is 6.07 Å². The summed E-state index contributed by atoms with van der Waals surface area (Å²) in [6.07, 6.45) is -8.38. The number of nitrogens with zero attached hydrogens (tertiary/aromatic N) is 1. The molecule has 1 aromatic heterocycles. The van der Waals surface area contributed by atoms with Crippen molar-refractivity contribution in [2.45, 2.75) is 19.3 Å². The summed E-state index contributed by atoms with van der Waals surface area (Å²) in [6.45, 7) is -0.553. The SMILES string of the molecule is NCc1cc(C(F)F)nc(OC(F)(F)F)c1F. The summed E-state index contributed by atoms with van der Waals surface area (Å²) in [7, 11) is 0. The molecule has 2 N–H and O–H groups in total. The van der Waals surface area contributed by atoms with Gasteiger partial charge in [0.25, 0.3) is 12.3 Å². The molecular formula is C8H6F6N2O. The Balaban J connectivity index is 3.23. The van der Waals surface area contributed by atoms with Crippen molar-refractivity contribution in [1.82, 2.24) is 4.98 Å². The number of ether oxygens (including phenoxy) is 1. The Morgan fingerprint density at radius 2 is 1.94 bits per heavy atom. The van der Waals surface area contributed by atoms with Crippen LogP contribution in [0.1, 0.15) is 17.7 Å². The Morgan fingerprint density at radius 3 is 2.35 bits per heavy atom. The highest BCUT2D eigenvalue weighted by atomic mass is 19.4. The zero-order valence-electron chi connectivity index (χ0n) is 8.06. The van der Waals surface area contributed by atoms with Crippen molar-refractivity contribution >= 4 is 0 Å². The predicted octanol–water partition coefficient (Wildman–Crippen LogP) is 2.52. The van der Waals surface area contributed by atoms with Crippen molar-refractivity contribution in [3.63, 3.8) is 0 Å². The summed E-state index contributed by atoms with van der Waals surface area (Å²) in [5, 5.41) is 0. The molecule has 0 saturated carbocycles. The van der Waals surface area contributed by atoms with E-state index in [4.69, 9.17) is 5.73 Å². The third-order valence-corrected chi connectivity index (χ3v) is 1.68. The molecule has 0 aliphatic heterocycles. The summed E-state index contributed by atoms with van der Waals surface area (Å²) in [6, 6.07) is 0.587. The lowest BCUT2D eigenvalue weighted by atomic mass is 10.2. The van der Waals surface area contributed by atoms with E-state index >= 15 is 0 Å². The van der Waals surface area contributed by atoms with Crippen molar-refractivity contribution in [2.24, 2.45) is 5.73 Å². The molecule has 0 aliphatic rings. The normalized spacial score (nSPS) is 12.0. The minimum absolute atomic E-state index is 0.533. The minimum atomic E-state index is -5.22. The Kier molecular flexibility index (Phi) is 3.81. The summed E-state index contributed by atoms with van der Waals surface area (Å²) >= 11 is 0. The molecule has 1 aromatic rings. The molecule has 9 heteroatoms. The van der Waals surface area contributed by atoms with Gasteiger partial charge in [0.05, 0.1) is 0 Å². The van der Waals surface area contributed by atoms with Crippen LogP contribution in [0, 0.1) is 5.82 Å². The average Bonchev–Trinajstić information content (AvgIpc) is 2.18. The van der Waals surface area contributed by atoms with Crippen LogP contribution in [0.3, 0.4) is 0 Å². The molecule has 0 radical (unpaired) electrons. The maximum Gasteiger partial charge on any atom is 0.574 e. The number of alkyl halides is 5. The van der Waals surface area contributed by atoms with Gasteiger partial charge in [-0.2, -0.15) is 0 Å². The molecule has 0 spiro atoms. The molecule has 0 atom stereocenters. The van der Waals surface area contributed by atoms with Gasteiger partial charge in [-0.05, 0) is 6.07 Å². The molecule has 0 aliphatic carbocycles. The van der Waals surface area contributed by atoms with E-state index in [-0.39, 0.29) is 0 Å². The predicted molar refractivity (Wildman–Crippen MR) is 43.7 cm³/mol. The molecule has 0 bridgehead atoms. The first kappa shape index (κ1) is 13.6. The van der Waals surface area contributed by atoms with Gasteiger partial charge in [0, 0.05) is 12.1 Å². The first-order chi connectivity index (χ1) is 7.74. The molecule has 0 aromatic carbocycles. The summed E-state index contributed by atoms with van der Waals surface area (Å²) in [5.41, 5.74) is 3.43. The molecule has 3 nitrogen and oxygen atoms in total. The Bertz CT molecular complexity index is 406. The number of aromatic nitrogens is 1. The molecule has 17 heavy (non-hydrogen) atoms. The van der Waals surface area contributed by atoms with Gasteiger partial charge in [-0.25, -0.2) is 18.2 Å². The standard InChI is InChI=1S/C8H6F6N2O/c9-5-3(2-15)1-4(6(10)11)16-7(5)17-8(12,13)14/h1,6H,2,15H2. The molecule has 0 saturated heterocycles. The molecule has 0 amide bonds. The monoisotopic (exact) mass is 260 g/mol. The fourth-order valence-electron chi connectivity index (χ4n) is 1.02. The highest BCUT2D eigenvalue weighted by molar-refractivity contribution is 5.28. The van der Waals surface area contributed by atoms with E-state index < -0.39 is 42.3 Å². The second-order valence-corrected chi connectivity index (χ2v) is 2.88. The minimum Gasteiger partial charge on any atom is -0.385 e. The smallest absolute Gasteiger partial charge is 0.385 e. The topological polar surface area (TPSA) is 48.1 Å². The molecule has 96 valence electrons. The van der Waals surface area contributed by atoms with Crippen LogP contribution < -0.4 is 10.5 Å². The first-order valence-electron chi connectivity index (χ1n) is 4.18. The summed E-state index contributed by atoms with van der Waals surface area (Å²) < 4.78 is 76.5. The van der Waals surface area contributed by atoms with E-state index in [0.717, 1.165) is 0 Å². The average molecular weight is 260 g/mol. The number of hydrogen-bond donors (Lipinski definition) is 1. The van der Waals surface area contributed by atoms with Gasteiger partial charge < -0.3 is 10.5 Å². The van der Waals surface area contributed by atoms with E-state index in [9.17, 15) is 26.3 Å². The summed E-state index contributed by atoms with van der Waals surface area (Å²) in [4.78, 5) is 2.74. The van der Waals surface area contributed by atoms with Crippen molar-refractivity contribution in [3.8, 4) is 5.88 Å². The number of hydrogen-bond acceptors (Lipinski definition) is 3. The maximum absolute atomic E-state index is 13.2. The van der Waals surface area contributed by atoms with E-state index in [1.165, 1.54) is 0 Å². The third kappa shape index (κ3) is 3.48. The van der Waals surface area contributed by atoms with Crippen LogP contribution in [0.4, 0.5) is 26.3 Å². The number of nitrogens with two attached hydrogens (primary N) is 1. The highest BCUT2D eigenvalue weighted by Crippen LogP contribution is 2.29. The Labute approximate surface area is 91.2 Å². The molecule has 1 heterocycles. The maximum atomic E-state index is 13.2. The molecular weight excluding hydrogens is 254 g/mol. The van der Waals surface area contributed by atoms with Gasteiger partial charge in [-0.3, -0.25) is 0 Å². The van der Waals surface area contributed by atoms with Crippen LogP contribution in [0.2, 0.25) is 0 Å². The Hall–Kier alpha value is -1.51. The van der Waals surface area contributed by atoms with E-state index in [1.807, 2.05) is 0 Å². The van der Waals surface area contributed by atoms with E-state index in [1.54, 1.807) is 0 Å². The quantitative estimate of drug-likeness (QED) is 0.849. The number of pyridine rings is 1. The van der Waals surface area contributed by atoms with Crippen molar-refractivity contribution in [2.75, 3.05) is 0 Å². The van der Waals surface area contributed by atoms with Gasteiger partial charge in [0.2, 0.25) is 0 Å². The van der Waals surface area contributed by atoms with Crippen LogP contribution in [-0.2, 0) is 6.54 Å². The Morgan fingerprint density at radius 1 is 1.35 bits per heavy atom. The fraction of sp³-hybridized carbons (Fsp3) is 0.375. The van der Waals surface area contributed by atoms with Gasteiger partial charge in [-0.1, -0.05) is 0 Å². The highest BCUT2D eigenvalue weighted by Gasteiger charge is 2.34. The lowest BCUT2D eigenvalue weighted by Crippen LogP contribution is -2.20. The lowest BCUT2D eigenvalue weighted by molar-refractivity contribution is -0.277. The number of halogens is 6. The molecule has 0 fully saturated rings. The van der Waals surface area contributed by atoms with Gasteiger partial charge in [0.1, 0.15) is 5.69 Å². The second kappa shape index (κ2) is 4.78. The van der Waals surface area contributed by atoms with Gasteiger partial charge >= 0.3 is 6.36 Å². The largest absolute Gasteiger partial charge is 0.574 e. The third-order valence-electron chi connectivity index (χ3n) is 1.68. The van der Waals surface area contributed by atoms with Crippen LogP contribution in [-0.4, -0.2) is 11.3 Å². The first-order valence-corrected chi connectivity index (χ1v) is 4.18. The van der Waals surface area contributed by atoms with Gasteiger partial charge in [0.15, 0.2) is 5.82 Å². The number of rotatable bonds is 3. The van der Waals surface area contributed by atoms with Crippen LogP contribution in [0.5, 0.6) is 5.88 Å². The molecule has 1 rings (SSSR count). The lowest BCUT2D eigenvalue weighted by Gasteiger charge is -2.12. The van der Waals surface area contributed by atoms with Crippen LogP contribution in [0.25, 0.3) is 0 Å². The van der Waals surface area contributed by atoms with Crippen molar-refractivity contribution in [3.05, 3.63) is 23.1 Å². The van der Waals surface area contributed by atoms with Crippen molar-refractivity contribution < 1.29 is 31.1 Å². The van der Waals surface area contributed by atoms with Gasteiger partial charge in [-0.15, -0.1) is 13.2 Å².